The molecule has 2 heterocycles. The molecule has 18 heavy (non-hydrogen) atoms. The summed E-state index contributed by atoms with van der Waals surface area (Å²) in [6.45, 7) is 4.47. The highest BCUT2D eigenvalue weighted by Gasteiger charge is 2.24. The quantitative estimate of drug-likeness (QED) is 0.863. The van der Waals surface area contributed by atoms with E-state index in [1.54, 1.807) is 0 Å². The molecule has 0 amide bonds. The number of piperidine rings is 1. The predicted molar refractivity (Wildman–Crippen MR) is 74.5 cm³/mol. The molecule has 0 radical (unpaired) electrons. The highest BCUT2D eigenvalue weighted by Crippen LogP contribution is 2.43. The van der Waals surface area contributed by atoms with Crippen molar-refractivity contribution in [3.63, 3.8) is 0 Å². The van der Waals surface area contributed by atoms with Crippen LogP contribution in [-0.2, 0) is 0 Å². The van der Waals surface area contributed by atoms with Crippen LogP contribution in [0.15, 0.2) is 10.5 Å². The third-order valence-electron chi connectivity index (χ3n) is 3.71. The zero-order valence-corrected chi connectivity index (χ0v) is 12.2. The van der Waals surface area contributed by atoms with Crippen LogP contribution in [0.2, 0.25) is 0 Å². The molecule has 1 unspecified atom stereocenters. The van der Waals surface area contributed by atoms with Crippen molar-refractivity contribution in [2.24, 2.45) is 0 Å². The van der Waals surface area contributed by atoms with E-state index in [4.69, 9.17) is 9.47 Å². The molecule has 1 N–H and O–H groups in total. The van der Waals surface area contributed by atoms with Crippen molar-refractivity contribution in [2.75, 3.05) is 19.8 Å². The van der Waals surface area contributed by atoms with Gasteiger partial charge in [-0.25, -0.2) is 0 Å². The van der Waals surface area contributed by atoms with Crippen LogP contribution in [0, 0.1) is 6.92 Å². The van der Waals surface area contributed by atoms with E-state index in [-0.39, 0.29) is 0 Å². The first kappa shape index (κ1) is 12.3. The summed E-state index contributed by atoms with van der Waals surface area (Å²) in [5, 5.41) is 3.58. The van der Waals surface area contributed by atoms with Gasteiger partial charge in [0.25, 0.3) is 0 Å². The molecule has 98 valence electrons. The zero-order valence-electron chi connectivity index (χ0n) is 10.6. The summed E-state index contributed by atoms with van der Waals surface area (Å²) in [6.07, 6.45) is 3.76. The molecular formula is C14H18BrNO2. The van der Waals surface area contributed by atoms with Gasteiger partial charge in [0.15, 0.2) is 11.5 Å². The van der Waals surface area contributed by atoms with Gasteiger partial charge in [-0.15, -0.1) is 0 Å². The molecule has 3 rings (SSSR count). The molecule has 0 aliphatic carbocycles. The zero-order chi connectivity index (χ0) is 12.5. The minimum atomic E-state index is 0.433. The van der Waals surface area contributed by atoms with Crippen molar-refractivity contribution < 1.29 is 9.47 Å². The van der Waals surface area contributed by atoms with Crippen LogP contribution in [0.1, 0.15) is 36.4 Å². The van der Waals surface area contributed by atoms with Crippen molar-refractivity contribution in [2.45, 2.75) is 32.2 Å². The number of benzene rings is 1. The molecule has 1 fully saturated rings. The van der Waals surface area contributed by atoms with E-state index in [1.165, 1.54) is 24.8 Å². The average Bonchev–Trinajstić information content (AvgIpc) is 2.44. The minimum absolute atomic E-state index is 0.433. The number of fused-ring (bicyclic) bond motifs is 1. The van der Waals surface area contributed by atoms with Crippen LogP contribution in [0.25, 0.3) is 0 Å². The van der Waals surface area contributed by atoms with Crippen molar-refractivity contribution in [3.05, 3.63) is 21.7 Å². The fraction of sp³-hybridized carbons (Fsp3) is 0.571. The van der Waals surface area contributed by atoms with Gasteiger partial charge < -0.3 is 14.8 Å². The number of halogens is 1. The van der Waals surface area contributed by atoms with Gasteiger partial charge in [-0.2, -0.15) is 0 Å². The van der Waals surface area contributed by atoms with E-state index in [1.807, 2.05) is 0 Å². The van der Waals surface area contributed by atoms with Crippen LogP contribution >= 0.6 is 15.9 Å². The number of nitrogens with one attached hydrogen (secondary N) is 1. The summed E-state index contributed by atoms with van der Waals surface area (Å²) >= 11 is 3.72. The van der Waals surface area contributed by atoms with E-state index in [0.29, 0.717) is 19.3 Å². The Kier molecular flexibility index (Phi) is 3.48. The van der Waals surface area contributed by atoms with Crippen molar-refractivity contribution in [1.82, 2.24) is 5.32 Å². The fourth-order valence-electron chi connectivity index (χ4n) is 2.72. The van der Waals surface area contributed by atoms with Crippen LogP contribution in [0.4, 0.5) is 0 Å². The molecule has 1 saturated heterocycles. The molecule has 1 atom stereocenters. The second-order valence-corrected chi connectivity index (χ2v) is 5.72. The highest BCUT2D eigenvalue weighted by molar-refractivity contribution is 9.10. The molecule has 1 aromatic rings. The van der Waals surface area contributed by atoms with E-state index in [9.17, 15) is 0 Å². The van der Waals surface area contributed by atoms with Crippen LogP contribution < -0.4 is 14.8 Å². The van der Waals surface area contributed by atoms with Crippen LogP contribution in [0.5, 0.6) is 11.5 Å². The molecule has 0 saturated carbocycles. The second-order valence-electron chi connectivity index (χ2n) is 4.93. The van der Waals surface area contributed by atoms with Crippen LogP contribution in [0.3, 0.4) is 0 Å². The monoisotopic (exact) mass is 311 g/mol. The topological polar surface area (TPSA) is 30.5 Å². The van der Waals surface area contributed by atoms with Gasteiger partial charge in [-0.3, -0.25) is 0 Å². The van der Waals surface area contributed by atoms with Gasteiger partial charge in [0.1, 0.15) is 13.2 Å². The van der Waals surface area contributed by atoms with E-state index in [0.717, 1.165) is 28.1 Å². The van der Waals surface area contributed by atoms with Crippen molar-refractivity contribution in [3.8, 4) is 11.5 Å². The normalized spacial score (nSPS) is 22.9. The molecule has 2 aliphatic heterocycles. The third-order valence-corrected chi connectivity index (χ3v) is 4.76. The maximum atomic E-state index is 5.72. The highest BCUT2D eigenvalue weighted by atomic mass is 79.9. The number of rotatable bonds is 1. The molecule has 0 aromatic heterocycles. The van der Waals surface area contributed by atoms with E-state index < -0.39 is 0 Å². The molecule has 0 spiro atoms. The second kappa shape index (κ2) is 5.10. The van der Waals surface area contributed by atoms with E-state index >= 15 is 0 Å². The van der Waals surface area contributed by atoms with Gasteiger partial charge in [0, 0.05) is 16.1 Å². The Morgan fingerprint density at radius 2 is 2.11 bits per heavy atom. The summed E-state index contributed by atoms with van der Waals surface area (Å²) in [4.78, 5) is 0. The Labute approximate surface area is 116 Å². The number of hydrogen-bond donors (Lipinski definition) is 1. The Morgan fingerprint density at radius 1 is 1.28 bits per heavy atom. The van der Waals surface area contributed by atoms with Gasteiger partial charge in [0.2, 0.25) is 0 Å². The van der Waals surface area contributed by atoms with Gasteiger partial charge >= 0.3 is 0 Å². The van der Waals surface area contributed by atoms with Crippen LogP contribution in [-0.4, -0.2) is 19.8 Å². The van der Waals surface area contributed by atoms with Gasteiger partial charge in [0.05, 0.1) is 0 Å². The fourth-order valence-corrected chi connectivity index (χ4v) is 3.29. The lowest BCUT2D eigenvalue weighted by atomic mass is 9.95. The van der Waals surface area contributed by atoms with Gasteiger partial charge in [-0.1, -0.05) is 22.4 Å². The summed E-state index contributed by atoms with van der Waals surface area (Å²) in [7, 11) is 0. The van der Waals surface area contributed by atoms with Crippen molar-refractivity contribution >= 4 is 15.9 Å². The first-order valence-electron chi connectivity index (χ1n) is 6.59. The van der Waals surface area contributed by atoms with Crippen molar-refractivity contribution in [1.29, 1.82) is 0 Å². The molecular weight excluding hydrogens is 294 g/mol. The number of hydrogen-bond acceptors (Lipinski definition) is 3. The predicted octanol–water partition coefficient (Wildman–Crippen LogP) is 3.34. The van der Waals surface area contributed by atoms with E-state index in [2.05, 4.69) is 34.2 Å². The molecule has 4 heteroatoms. The molecule has 0 bridgehead atoms. The Bertz CT molecular complexity index is 456. The smallest absolute Gasteiger partial charge is 0.165 e. The third kappa shape index (κ3) is 2.12. The minimum Gasteiger partial charge on any atom is -0.486 e. The average molecular weight is 312 g/mol. The molecule has 2 aliphatic rings. The summed E-state index contributed by atoms with van der Waals surface area (Å²) in [5.41, 5.74) is 2.45. The Morgan fingerprint density at radius 3 is 2.89 bits per heavy atom. The summed E-state index contributed by atoms with van der Waals surface area (Å²) in [6, 6.07) is 2.57. The Hall–Kier alpha value is -0.740. The molecule has 3 nitrogen and oxygen atoms in total. The standard InChI is InChI=1S/C14H18BrNO2/c1-9-13(15)10(11-4-2-3-5-16-11)8-12-14(9)18-7-6-17-12/h8,11,16H,2-7H2,1H3. The first-order valence-corrected chi connectivity index (χ1v) is 7.38. The Balaban J connectivity index is 2.01. The SMILES string of the molecule is Cc1c(Br)c(C2CCCCN2)cc2c1OCCO2. The lowest BCUT2D eigenvalue weighted by molar-refractivity contribution is 0.170. The summed E-state index contributed by atoms with van der Waals surface area (Å²) < 4.78 is 12.6. The maximum Gasteiger partial charge on any atom is 0.165 e. The lowest BCUT2D eigenvalue weighted by Gasteiger charge is -2.28. The lowest BCUT2D eigenvalue weighted by Crippen LogP contribution is -2.27. The largest absolute Gasteiger partial charge is 0.486 e. The number of ether oxygens (including phenoxy) is 2. The first-order chi connectivity index (χ1) is 8.77. The maximum absolute atomic E-state index is 5.72. The molecule has 1 aromatic carbocycles. The summed E-state index contributed by atoms with van der Waals surface area (Å²) in [5.74, 6) is 1.79. The van der Waals surface area contributed by atoms with Gasteiger partial charge in [-0.05, 0) is 37.9 Å².